The molecule has 1 aliphatic heterocycles. The molecule has 0 aromatic heterocycles. The van der Waals surface area contributed by atoms with Crippen LogP contribution in [0.3, 0.4) is 0 Å². The Hall–Kier alpha value is -2.04. The number of rotatable bonds is 4. The summed E-state index contributed by atoms with van der Waals surface area (Å²) in [6.07, 6.45) is 6.89. The summed E-state index contributed by atoms with van der Waals surface area (Å²) in [5.74, 6) is 0.131. The first-order valence-corrected chi connectivity index (χ1v) is 10.4. The normalized spacial score (nSPS) is 18.9. The molecule has 1 aromatic carbocycles. The van der Waals surface area contributed by atoms with E-state index < -0.39 is 0 Å². The van der Waals surface area contributed by atoms with Gasteiger partial charge < -0.3 is 14.7 Å². The van der Waals surface area contributed by atoms with Crippen molar-refractivity contribution < 1.29 is 9.59 Å². The van der Waals surface area contributed by atoms with Crippen LogP contribution in [0, 0.1) is 6.92 Å². The summed E-state index contributed by atoms with van der Waals surface area (Å²) in [5, 5.41) is 0. The van der Waals surface area contributed by atoms with E-state index in [1.165, 1.54) is 24.1 Å². The Morgan fingerprint density at radius 3 is 2.30 bits per heavy atom. The van der Waals surface area contributed by atoms with E-state index in [2.05, 4.69) is 36.1 Å². The summed E-state index contributed by atoms with van der Waals surface area (Å²) in [6.45, 7) is 7.09. The molecule has 0 radical (unpaired) electrons. The summed E-state index contributed by atoms with van der Waals surface area (Å²) < 4.78 is 0. The lowest BCUT2D eigenvalue weighted by atomic mass is 10.1. The second-order valence-corrected chi connectivity index (χ2v) is 8.00. The van der Waals surface area contributed by atoms with E-state index in [-0.39, 0.29) is 24.4 Å². The molecule has 1 saturated carbocycles. The zero-order valence-corrected chi connectivity index (χ0v) is 16.8. The van der Waals surface area contributed by atoms with Gasteiger partial charge in [0.1, 0.15) is 0 Å². The number of hydrogen-bond donors (Lipinski definition) is 0. The molecule has 2 fully saturated rings. The van der Waals surface area contributed by atoms with Crippen molar-refractivity contribution in [1.29, 1.82) is 0 Å². The quantitative estimate of drug-likeness (QED) is 0.764. The van der Waals surface area contributed by atoms with Crippen molar-refractivity contribution in [3.63, 3.8) is 0 Å². The van der Waals surface area contributed by atoms with Crippen LogP contribution in [0.2, 0.25) is 0 Å². The number of piperazine rings is 1. The molecule has 1 aliphatic carbocycles. The molecular weight excluding hydrogens is 338 g/mol. The molecule has 3 rings (SSSR count). The minimum absolute atomic E-state index is 0.0358. The lowest BCUT2D eigenvalue weighted by molar-refractivity contribution is -0.141. The molecule has 1 heterocycles. The molecule has 0 unspecified atom stereocenters. The molecule has 2 amide bonds. The molecule has 1 saturated heterocycles. The van der Waals surface area contributed by atoms with Gasteiger partial charge in [0.25, 0.3) is 0 Å². The van der Waals surface area contributed by atoms with Crippen molar-refractivity contribution in [3.8, 4) is 0 Å². The Bertz CT molecular complexity index is 645. The highest BCUT2D eigenvalue weighted by molar-refractivity contribution is 5.84. The number of amides is 2. The maximum absolute atomic E-state index is 12.9. The van der Waals surface area contributed by atoms with Gasteiger partial charge in [0, 0.05) is 44.8 Å². The van der Waals surface area contributed by atoms with Gasteiger partial charge in [0.2, 0.25) is 11.8 Å². The third-order valence-electron chi connectivity index (χ3n) is 5.97. The maximum atomic E-state index is 12.9. The number of aryl methyl sites for hydroxylation is 1. The minimum Gasteiger partial charge on any atom is -0.368 e. The van der Waals surface area contributed by atoms with Gasteiger partial charge in [0.05, 0.1) is 6.54 Å². The standard InChI is InChI=1S/C22H33N3O2/c1-18-8-7-11-21(16-18)23-12-14-24(15-13-23)22(27)17-25(19(2)26)20-9-5-3-4-6-10-20/h7-8,11,16,20H,3-6,9-10,12-15,17H2,1-2H3. The number of nitrogens with zero attached hydrogens (tertiary/aromatic N) is 3. The molecule has 0 spiro atoms. The zero-order valence-electron chi connectivity index (χ0n) is 16.8. The Labute approximate surface area is 163 Å². The first-order chi connectivity index (χ1) is 13.0. The van der Waals surface area contributed by atoms with Crippen LogP contribution in [0.15, 0.2) is 24.3 Å². The molecule has 0 atom stereocenters. The van der Waals surface area contributed by atoms with Gasteiger partial charge in [-0.3, -0.25) is 9.59 Å². The zero-order chi connectivity index (χ0) is 19.2. The van der Waals surface area contributed by atoms with Crippen molar-refractivity contribution in [3.05, 3.63) is 29.8 Å². The Morgan fingerprint density at radius 1 is 1.04 bits per heavy atom. The van der Waals surface area contributed by atoms with Crippen molar-refractivity contribution >= 4 is 17.5 Å². The summed E-state index contributed by atoms with van der Waals surface area (Å²) in [7, 11) is 0. The van der Waals surface area contributed by atoms with Gasteiger partial charge >= 0.3 is 0 Å². The fourth-order valence-electron chi connectivity index (χ4n) is 4.35. The molecule has 0 N–H and O–H groups in total. The van der Waals surface area contributed by atoms with Gasteiger partial charge in [-0.1, -0.05) is 37.8 Å². The second kappa shape index (κ2) is 9.25. The van der Waals surface area contributed by atoms with Crippen LogP contribution in [0.4, 0.5) is 5.69 Å². The third-order valence-corrected chi connectivity index (χ3v) is 5.97. The monoisotopic (exact) mass is 371 g/mol. The molecule has 27 heavy (non-hydrogen) atoms. The third kappa shape index (κ3) is 5.24. The van der Waals surface area contributed by atoms with Gasteiger partial charge in [-0.25, -0.2) is 0 Å². The summed E-state index contributed by atoms with van der Waals surface area (Å²) in [6, 6.07) is 8.75. The van der Waals surface area contributed by atoms with Crippen molar-refractivity contribution in [2.75, 3.05) is 37.6 Å². The van der Waals surface area contributed by atoms with Crippen LogP contribution in [-0.4, -0.2) is 60.4 Å². The summed E-state index contributed by atoms with van der Waals surface area (Å²) in [5.41, 5.74) is 2.48. The van der Waals surface area contributed by atoms with E-state index in [0.717, 1.165) is 51.9 Å². The van der Waals surface area contributed by atoms with Crippen LogP contribution in [0.5, 0.6) is 0 Å². The lowest BCUT2D eigenvalue weighted by Gasteiger charge is -2.38. The number of hydrogen-bond acceptors (Lipinski definition) is 3. The fourth-order valence-corrected chi connectivity index (χ4v) is 4.35. The van der Waals surface area contributed by atoms with Crippen molar-refractivity contribution in [2.45, 2.75) is 58.4 Å². The molecule has 5 heteroatoms. The predicted molar refractivity (Wildman–Crippen MR) is 109 cm³/mol. The second-order valence-electron chi connectivity index (χ2n) is 8.00. The van der Waals surface area contributed by atoms with Gasteiger partial charge in [-0.15, -0.1) is 0 Å². The molecule has 0 bridgehead atoms. The average molecular weight is 372 g/mol. The maximum Gasteiger partial charge on any atom is 0.242 e. The number of anilines is 1. The first-order valence-electron chi connectivity index (χ1n) is 10.4. The van der Waals surface area contributed by atoms with Crippen LogP contribution >= 0.6 is 0 Å². The average Bonchev–Trinajstić information content (AvgIpc) is 2.95. The molecule has 148 valence electrons. The molecule has 1 aromatic rings. The minimum atomic E-state index is 0.0358. The van der Waals surface area contributed by atoms with E-state index in [1.54, 1.807) is 6.92 Å². The van der Waals surface area contributed by atoms with Crippen molar-refractivity contribution in [2.24, 2.45) is 0 Å². The molecule has 5 nitrogen and oxygen atoms in total. The van der Waals surface area contributed by atoms with Crippen LogP contribution in [-0.2, 0) is 9.59 Å². The SMILES string of the molecule is CC(=O)N(CC(=O)N1CCN(c2cccc(C)c2)CC1)C1CCCCCC1. The highest BCUT2D eigenvalue weighted by Gasteiger charge is 2.28. The van der Waals surface area contributed by atoms with Gasteiger partial charge in [-0.05, 0) is 37.5 Å². The van der Waals surface area contributed by atoms with Crippen molar-refractivity contribution in [1.82, 2.24) is 9.80 Å². The van der Waals surface area contributed by atoms with E-state index >= 15 is 0 Å². The fraction of sp³-hybridized carbons (Fsp3) is 0.636. The van der Waals surface area contributed by atoms with Crippen LogP contribution in [0.25, 0.3) is 0 Å². The predicted octanol–water partition coefficient (Wildman–Crippen LogP) is 3.21. The van der Waals surface area contributed by atoms with Crippen LogP contribution < -0.4 is 4.90 Å². The largest absolute Gasteiger partial charge is 0.368 e. The highest BCUT2D eigenvalue weighted by atomic mass is 16.2. The van der Waals surface area contributed by atoms with E-state index in [0.29, 0.717) is 0 Å². The smallest absolute Gasteiger partial charge is 0.242 e. The van der Waals surface area contributed by atoms with Crippen LogP contribution in [0.1, 0.15) is 51.0 Å². The lowest BCUT2D eigenvalue weighted by Crippen LogP contribution is -2.53. The van der Waals surface area contributed by atoms with Gasteiger partial charge in [-0.2, -0.15) is 0 Å². The first kappa shape index (κ1) is 19.7. The number of benzene rings is 1. The summed E-state index contributed by atoms with van der Waals surface area (Å²) in [4.78, 5) is 31.1. The molecular formula is C22H33N3O2. The number of carbonyl (C=O) groups is 2. The molecule has 2 aliphatic rings. The van der Waals surface area contributed by atoms with E-state index in [1.807, 2.05) is 9.80 Å². The Balaban J connectivity index is 1.55. The Kier molecular flexibility index (Phi) is 6.75. The van der Waals surface area contributed by atoms with Gasteiger partial charge in [0.15, 0.2) is 0 Å². The van der Waals surface area contributed by atoms with E-state index in [4.69, 9.17) is 0 Å². The topological polar surface area (TPSA) is 43.9 Å². The Morgan fingerprint density at radius 2 is 1.70 bits per heavy atom. The number of carbonyl (C=O) groups excluding carboxylic acids is 2. The van der Waals surface area contributed by atoms with E-state index in [9.17, 15) is 9.59 Å². The summed E-state index contributed by atoms with van der Waals surface area (Å²) >= 11 is 0. The highest BCUT2D eigenvalue weighted by Crippen LogP contribution is 2.23.